The van der Waals surface area contributed by atoms with Crippen LogP contribution in [0.4, 0.5) is 0 Å². The van der Waals surface area contributed by atoms with Crippen LogP contribution in [0.3, 0.4) is 0 Å². The smallest absolute Gasteiger partial charge is 0.276 e. The summed E-state index contributed by atoms with van der Waals surface area (Å²) in [5.41, 5.74) is 2.19. The third-order valence-electron chi connectivity index (χ3n) is 4.29. The Morgan fingerprint density at radius 2 is 2.22 bits per heavy atom. The molecule has 2 aromatic rings. The lowest BCUT2D eigenvalue weighted by Gasteiger charge is -2.27. The molecular formula is C17H21N3O3. The Labute approximate surface area is 135 Å². The van der Waals surface area contributed by atoms with Crippen LogP contribution >= 0.6 is 0 Å². The molecular weight excluding hydrogens is 294 g/mol. The molecule has 0 bridgehead atoms. The molecule has 0 aliphatic heterocycles. The van der Waals surface area contributed by atoms with Crippen molar-refractivity contribution in [3.8, 4) is 0 Å². The van der Waals surface area contributed by atoms with E-state index in [9.17, 15) is 4.79 Å². The molecule has 122 valence electrons. The number of carbonyl (C=O) groups excluding carboxylic acids is 1. The van der Waals surface area contributed by atoms with Crippen molar-refractivity contribution in [2.75, 3.05) is 20.8 Å². The van der Waals surface area contributed by atoms with E-state index < -0.39 is 0 Å². The molecule has 0 N–H and O–H groups in total. The summed E-state index contributed by atoms with van der Waals surface area (Å²) in [5.74, 6) is 0.707. The van der Waals surface area contributed by atoms with E-state index in [0.29, 0.717) is 12.3 Å². The summed E-state index contributed by atoms with van der Waals surface area (Å²) < 4.78 is 10.6. The first kappa shape index (κ1) is 15.7. The number of ether oxygens (including phenoxy) is 1. The Kier molecular flexibility index (Phi) is 4.71. The van der Waals surface area contributed by atoms with Crippen molar-refractivity contribution >= 4 is 5.91 Å². The number of pyridine rings is 1. The van der Waals surface area contributed by atoms with Crippen molar-refractivity contribution in [3.63, 3.8) is 0 Å². The van der Waals surface area contributed by atoms with Gasteiger partial charge in [0.15, 0.2) is 5.69 Å². The maximum absolute atomic E-state index is 12.9. The first-order chi connectivity index (χ1) is 11.2. The molecule has 1 aliphatic rings. The van der Waals surface area contributed by atoms with E-state index in [1.807, 2.05) is 18.2 Å². The van der Waals surface area contributed by atoms with Crippen molar-refractivity contribution < 1.29 is 14.1 Å². The molecule has 1 atom stereocenters. The minimum atomic E-state index is -0.260. The monoisotopic (exact) mass is 315 g/mol. The summed E-state index contributed by atoms with van der Waals surface area (Å²) in [4.78, 5) is 18.9. The molecule has 1 aliphatic carbocycles. The first-order valence-corrected chi connectivity index (χ1v) is 7.86. The van der Waals surface area contributed by atoms with Gasteiger partial charge in [0.25, 0.3) is 5.91 Å². The standard InChI is InChI=1S/C17H21N3O3/c1-20(14(11-22-2)13-8-5-6-10-18-13)17(21)16-12-7-3-4-9-15(12)23-19-16/h5-6,8,10,14H,3-4,7,9,11H2,1-2H3. The van der Waals surface area contributed by atoms with E-state index in [0.717, 1.165) is 42.7 Å². The van der Waals surface area contributed by atoms with Gasteiger partial charge in [-0.05, 0) is 31.4 Å². The highest BCUT2D eigenvalue weighted by atomic mass is 16.5. The third-order valence-corrected chi connectivity index (χ3v) is 4.29. The van der Waals surface area contributed by atoms with Crippen LogP contribution in [0.2, 0.25) is 0 Å². The molecule has 0 spiro atoms. The summed E-state index contributed by atoms with van der Waals surface area (Å²) in [6.07, 6.45) is 5.59. The first-order valence-electron chi connectivity index (χ1n) is 7.86. The van der Waals surface area contributed by atoms with Crippen LogP contribution in [-0.2, 0) is 17.6 Å². The van der Waals surface area contributed by atoms with Crippen LogP contribution in [-0.4, -0.2) is 41.7 Å². The number of aryl methyl sites for hydroxylation is 1. The van der Waals surface area contributed by atoms with Gasteiger partial charge in [-0.3, -0.25) is 9.78 Å². The van der Waals surface area contributed by atoms with Crippen LogP contribution in [0.5, 0.6) is 0 Å². The van der Waals surface area contributed by atoms with Crippen LogP contribution in [0.1, 0.15) is 46.4 Å². The summed E-state index contributed by atoms with van der Waals surface area (Å²) in [7, 11) is 3.37. The van der Waals surface area contributed by atoms with Crippen LogP contribution in [0.25, 0.3) is 0 Å². The van der Waals surface area contributed by atoms with Crippen LogP contribution in [0, 0.1) is 0 Å². The molecule has 2 aromatic heterocycles. The number of nitrogens with zero attached hydrogens (tertiary/aromatic N) is 3. The second kappa shape index (κ2) is 6.91. The van der Waals surface area contributed by atoms with Gasteiger partial charge >= 0.3 is 0 Å². The van der Waals surface area contributed by atoms with E-state index in [1.54, 1.807) is 25.3 Å². The normalized spacial score (nSPS) is 15.0. The maximum Gasteiger partial charge on any atom is 0.276 e. The molecule has 1 amide bonds. The van der Waals surface area contributed by atoms with Gasteiger partial charge in [0, 0.05) is 32.3 Å². The Balaban J connectivity index is 1.86. The average molecular weight is 315 g/mol. The third kappa shape index (κ3) is 3.12. The molecule has 6 nitrogen and oxygen atoms in total. The van der Waals surface area contributed by atoms with E-state index in [1.165, 1.54) is 0 Å². The fraction of sp³-hybridized carbons (Fsp3) is 0.471. The quantitative estimate of drug-likeness (QED) is 0.847. The zero-order valence-corrected chi connectivity index (χ0v) is 13.5. The van der Waals surface area contributed by atoms with Crippen molar-refractivity contribution in [2.45, 2.75) is 31.7 Å². The second-order valence-electron chi connectivity index (χ2n) is 5.78. The molecule has 1 unspecified atom stereocenters. The second-order valence-corrected chi connectivity index (χ2v) is 5.78. The molecule has 3 rings (SSSR count). The van der Waals surface area contributed by atoms with Gasteiger partial charge < -0.3 is 14.2 Å². The van der Waals surface area contributed by atoms with Gasteiger partial charge in [0.05, 0.1) is 18.3 Å². The molecule has 0 radical (unpaired) electrons. The summed E-state index contributed by atoms with van der Waals surface area (Å²) in [6.45, 7) is 0.374. The van der Waals surface area contributed by atoms with E-state index >= 15 is 0 Å². The minimum absolute atomic E-state index is 0.149. The molecule has 2 heterocycles. The van der Waals surface area contributed by atoms with Gasteiger partial charge in [-0.1, -0.05) is 11.2 Å². The molecule has 6 heteroatoms. The highest BCUT2D eigenvalue weighted by molar-refractivity contribution is 5.94. The number of amides is 1. The van der Waals surface area contributed by atoms with Crippen molar-refractivity contribution in [2.24, 2.45) is 0 Å². The number of carbonyl (C=O) groups is 1. The zero-order valence-electron chi connectivity index (χ0n) is 13.5. The summed E-state index contributed by atoms with van der Waals surface area (Å²) >= 11 is 0. The predicted octanol–water partition coefficient (Wildman–Crippen LogP) is 2.41. The lowest BCUT2D eigenvalue weighted by molar-refractivity contribution is 0.0584. The van der Waals surface area contributed by atoms with E-state index in [2.05, 4.69) is 10.1 Å². The summed E-state index contributed by atoms with van der Waals surface area (Å²) in [6, 6.07) is 5.39. The Morgan fingerprint density at radius 3 is 2.96 bits per heavy atom. The van der Waals surface area contributed by atoms with Crippen LogP contribution in [0.15, 0.2) is 28.9 Å². The maximum atomic E-state index is 12.9. The number of rotatable bonds is 5. The lowest BCUT2D eigenvalue weighted by atomic mass is 9.96. The average Bonchev–Trinajstić information content (AvgIpc) is 3.03. The number of hydrogen-bond donors (Lipinski definition) is 0. The topological polar surface area (TPSA) is 68.5 Å². The number of hydrogen-bond acceptors (Lipinski definition) is 5. The lowest BCUT2D eigenvalue weighted by Crippen LogP contribution is -2.35. The molecule has 0 saturated heterocycles. The number of fused-ring (bicyclic) bond motifs is 1. The van der Waals surface area contributed by atoms with E-state index in [-0.39, 0.29) is 11.9 Å². The Bertz CT molecular complexity index is 669. The van der Waals surface area contributed by atoms with E-state index in [4.69, 9.17) is 9.26 Å². The van der Waals surface area contributed by atoms with Gasteiger partial charge in [0.2, 0.25) is 0 Å². The van der Waals surface area contributed by atoms with Crippen molar-refractivity contribution in [3.05, 3.63) is 47.1 Å². The fourth-order valence-corrected chi connectivity index (χ4v) is 2.99. The molecule has 0 fully saturated rings. The van der Waals surface area contributed by atoms with Crippen LogP contribution < -0.4 is 0 Å². The molecule has 0 saturated carbocycles. The van der Waals surface area contributed by atoms with Gasteiger partial charge in [-0.2, -0.15) is 0 Å². The van der Waals surface area contributed by atoms with Crippen molar-refractivity contribution in [1.82, 2.24) is 15.0 Å². The number of aromatic nitrogens is 2. The Hall–Kier alpha value is -2.21. The Morgan fingerprint density at radius 1 is 1.39 bits per heavy atom. The highest BCUT2D eigenvalue weighted by Crippen LogP contribution is 2.27. The van der Waals surface area contributed by atoms with Gasteiger partial charge in [-0.25, -0.2) is 0 Å². The fourth-order valence-electron chi connectivity index (χ4n) is 2.99. The zero-order chi connectivity index (χ0) is 16.2. The number of likely N-dealkylation sites (N-methyl/N-ethyl adjacent to an activating group) is 1. The van der Waals surface area contributed by atoms with Gasteiger partial charge in [0.1, 0.15) is 5.76 Å². The minimum Gasteiger partial charge on any atom is -0.382 e. The predicted molar refractivity (Wildman–Crippen MR) is 84.1 cm³/mol. The molecule has 23 heavy (non-hydrogen) atoms. The summed E-state index contributed by atoms with van der Waals surface area (Å²) in [5, 5.41) is 4.03. The number of methoxy groups -OCH3 is 1. The molecule has 0 aromatic carbocycles. The highest BCUT2D eigenvalue weighted by Gasteiger charge is 2.30. The van der Waals surface area contributed by atoms with Crippen molar-refractivity contribution in [1.29, 1.82) is 0 Å². The largest absolute Gasteiger partial charge is 0.382 e. The van der Waals surface area contributed by atoms with Gasteiger partial charge in [-0.15, -0.1) is 0 Å². The SMILES string of the molecule is COCC(c1ccccn1)N(C)C(=O)c1noc2c1CCCC2.